The summed E-state index contributed by atoms with van der Waals surface area (Å²) in [6, 6.07) is 0. The molecular formula is C32H50O6. The van der Waals surface area contributed by atoms with Crippen LogP contribution in [0.3, 0.4) is 0 Å². The summed E-state index contributed by atoms with van der Waals surface area (Å²) < 4.78 is 16.0. The zero-order chi connectivity index (χ0) is 28.6. The Balaban J connectivity index is 4.83. The quantitative estimate of drug-likeness (QED) is 0.0563. The minimum absolute atomic E-state index is 0.0219. The predicted octanol–water partition coefficient (Wildman–Crippen LogP) is 7.57. The van der Waals surface area contributed by atoms with Gasteiger partial charge in [0.1, 0.15) is 19.3 Å². The second-order valence-electron chi connectivity index (χ2n) is 9.89. The first-order valence-electron chi connectivity index (χ1n) is 14.1. The lowest BCUT2D eigenvalue weighted by molar-refractivity contribution is -0.146. The van der Waals surface area contributed by atoms with E-state index >= 15 is 0 Å². The van der Waals surface area contributed by atoms with Gasteiger partial charge < -0.3 is 14.2 Å². The minimum atomic E-state index is -0.660. The number of carbonyl (C=O) groups excluding carboxylic acids is 3. The van der Waals surface area contributed by atoms with Crippen molar-refractivity contribution in [3.63, 3.8) is 0 Å². The molecule has 214 valence electrons. The molecule has 0 amide bonds. The van der Waals surface area contributed by atoms with Crippen molar-refractivity contribution in [2.45, 2.75) is 125 Å². The number of hydrogen-bond donors (Lipinski definition) is 0. The van der Waals surface area contributed by atoms with Crippen LogP contribution in [0.15, 0.2) is 34.9 Å². The van der Waals surface area contributed by atoms with Crippen LogP contribution in [-0.2, 0) is 28.6 Å². The molecule has 0 spiro atoms. The van der Waals surface area contributed by atoms with Gasteiger partial charge in [-0.1, -0.05) is 88.2 Å². The summed E-state index contributed by atoms with van der Waals surface area (Å²) in [6.07, 6.45) is 17.5. The van der Waals surface area contributed by atoms with Crippen LogP contribution in [0.25, 0.3) is 0 Å². The van der Waals surface area contributed by atoms with E-state index in [2.05, 4.69) is 18.8 Å². The second kappa shape index (κ2) is 23.3. The molecular weight excluding hydrogens is 480 g/mol. The first-order valence-corrected chi connectivity index (χ1v) is 14.1. The summed E-state index contributed by atoms with van der Waals surface area (Å²) in [5.41, 5.74) is 2.50. The minimum Gasteiger partial charge on any atom is -0.461 e. The smallest absolute Gasteiger partial charge is 0.306 e. The molecule has 0 aromatic rings. The highest BCUT2D eigenvalue weighted by Gasteiger charge is 2.18. The van der Waals surface area contributed by atoms with Crippen LogP contribution in [0.4, 0.5) is 0 Å². The van der Waals surface area contributed by atoms with Gasteiger partial charge in [-0.3, -0.25) is 14.4 Å². The van der Waals surface area contributed by atoms with Crippen molar-refractivity contribution >= 4 is 17.9 Å². The average Bonchev–Trinajstić information content (AvgIpc) is 2.84. The van der Waals surface area contributed by atoms with E-state index in [4.69, 9.17) is 14.2 Å². The third kappa shape index (κ3) is 22.4. The average molecular weight is 531 g/mol. The van der Waals surface area contributed by atoms with Crippen LogP contribution < -0.4 is 0 Å². The van der Waals surface area contributed by atoms with Crippen molar-refractivity contribution in [3.8, 4) is 11.8 Å². The van der Waals surface area contributed by atoms with Crippen LogP contribution in [-0.4, -0.2) is 37.2 Å². The van der Waals surface area contributed by atoms with Gasteiger partial charge in [0.2, 0.25) is 0 Å². The van der Waals surface area contributed by atoms with Gasteiger partial charge in [-0.25, -0.2) is 0 Å². The fourth-order valence-electron chi connectivity index (χ4n) is 3.64. The molecule has 1 unspecified atom stereocenters. The van der Waals surface area contributed by atoms with Gasteiger partial charge in [-0.2, -0.15) is 0 Å². The molecule has 38 heavy (non-hydrogen) atoms. The first-order chi connectivity index (χ1) is 18.1. The van der Waals surface area contributed by atoms with Crippen molar-refractivity contribution in [3.05, 3.63) is 34.9 Å². The SMILES string of the molecule is CCCCCCCCCCCCC(=O)OCC=C(COC(C)=O)C(CC=C(C)C#CC=C(C)C)OC(C)=O. The van der Waals surface area contributed by atoms with Crippen molar-refractivity contribution in [1.82, 2.24) is 0 Å². The molecule has 0 heterocycles. The highest BCUT2D eigenvalue weighted by Crippen LogP contribution is 2.16. The first kappa shape index (κ1) is 35.2. The van der Waals surface area contributed by atoms with E-state index in [1.165, 1.54) is 58.8 Å². The van der Waals surface area contributed by atoms with Crippen molar-refractivity contribution < 1.29 is 28.6 Å². The Kier molecular flexibility index (Phi) is 21.6. The maximum atomic E-state index is 12.2. The molecule has 0 aromatic heterocycles. The Morgan fingerprint density at radius 2 is 1.37 bits per heavy atom. The normalized spacial score (nSPS) is 12.2. The number of ether oxygens (including phenoxy) is 3. The zero-order valence-corrected chi connectivity index (χ0v) is 24.7. The maximum Gasteiger partial charge on any atom is 0.306 e. The standard InChI is InChI=1S/C32H50O6/c1-7-8-9-10-11-12-13-14-15-16-20-32(35)36-24-23-30(25-37-28(5)33)31(38-29(6)34)22-21-27(4)19-17-18-26(2)3/h18,21,23,31H,7-16,20,22,24-25H2,1-6H3. The monoisotopic (exact) mass is 530 g/mol. The molecule has 0 aromatic carbocycles. The number of unbranched alkanes of at least 4 members (excludes halogenated alkanes) is 9. The van der Waals surface area contributed by atoms with E-state index in [0.29, 0.717) is 18.4 Å². The van der Waals surface area contributed by atoms with Gasteiger partial charge in [0.15, 0.2) is 0 Å². The number of allylic oxidation sites excluding steroid dienone is 3. The van der Waals surface area contributed by atoms with E-state index in [0.717, 1.165) is 30.4 Å². The molecule has 6 nitrogen and oxygen atoms in total. The highest BCUT2D eigenvalue weighted by atomic mass is 16.6. The van der Waals surface area contributed by atoms with Crippen molar-refractivity contribution in [1.29, 1.82) is 0 Å². The fraction of sp³-hybridized carbons (Fsp3) is 0.656. The van der Waals surface area contributed by atoms with E-state index in [1.54, 1.807) is 6.08 Å². The van der Waals surface area contributed by atoms with E-state index < -0.39 is 18.0 Å². The van der Waals surface area contributed by atoms with Crippen molar-refractivity contribution in [2.75, 3.05) is 13.2 Å². The Hall–Kier alpha value is -2.81. The van der Waals surface area contributed by atoms with Gasteiger partial charge >= 0.3 is 17.9 Å². The fourth-order valence-corrected chi connectivity index (χ4v) is 3.64. The molecule has 1 atom stereocenters. The van der Waals surface area contributed by atoms with Crippen molar-refractivity contribution in [2.24, 2.45) is 0 Å². The molecule has 0 aliphatic rings. The molecule has 0 saturated heterocycles. The second-order valence-corrected chi connectivity index (χ2v) is 9.89. The molecule has 0 aliphatic carbocycles. The molecule has 0 N–H and O–H groups in total. The third-order valence-electron chi connectivity index (χ3n) is 5.76. The highest BCUT2D eigenvalue weighted by molar-refractivity contribution is 5.69. The lowest BCUT2D eigenvalue weighted by atomic mass is 10.0. The largest absolute Gasteiger partial charge is 0.461 e. The van der Waals surface area contributed by atoms with E-state index in [1.807, 2.05) is 32.9 Å². The predicted molar refractivity (Wildman–Crippen MR) is 153 cm³/mol. The van der Waals surface area contributed by atoms with Gasteiger partial charge in [0.25, 0.3) is 0 Å². The van der Waals surface area contributed by atoms with Gasteiger partial charge in [-0.05, 0) is 44.9 Å². The Labute approximate surface area is 231 Å². The summed E-state index contributed by atoms with van der Waals surface area (Å²) in [6.45, 7) is 10.7. The summed E-state index contributed by atoms with van der Waals surface area (Å²) >= 11 is 0. The van der Waals surface area contributed by atoms with E-state index in [-0.39, 0.29) is 19.2 Å². The Bertz CT molecular complexity index is 849. The maximum absolute atomic E-state index is 12.2. The summed E-state index contributed by atoms with van der Waals surface area (Å²) in [4.78, 5) is 35.3. The van der Waals surface area contributed by atoms with Crippen LogP contribution in [0.1, 0.15) is 119 Å². The Morgan fingerprint density at radius 1 is 0.763 bits per heavy atom. The summed E-state index contributed by atoms with van der Waals surface area (Å²) in [5.74, 6) is 4.84. The number of rotatable bonds is 19. The van der Waals surface area contributed by atoms with Crippen LogP contribution >= 0.6 is 0 Å². The zero-order valence-electron chi connectivity index (χ0n) is 24.7. The lowest BCUT2D eigenvalue weighted by Gasteiger charge is -2.19. The van der Waals surface area contributed by atoms with Gasteiger partial charge in [0, 0.05) is 32.3 Å². The third-order valence-corrected chi connectivity index (χ3v) is 5.76. The van der Waals surface area contributed by atoms with E-state index in [9.17, 15) is 14.4 Å². The summed E-state index contributed by atoms with van der Waals surface area (Å²) in [7, 11) is 0. The molecule has 6 heteroatoms. The molecule has 0 fully saturated rings. The molecule has 0 saturated carbocycles. The summed E-state index contributed by atoms with van der Waals surface area (Å²) in [5, 5.41) is 0. The molecule has 0 radical (unpaired) electrons. The molecule has 0 rings (SSSR count). The van der Waals surface area contributed by atoms with Crippen LogP contribution in [0.2, 0.25) is 0 Å². The number of esters is 3. The molecule has 0 aliphatic heterocycles. The van der Waals surface area contributed by atoms with Gasteiger partial charge in [-0.15, -0.1) is 0 Å². The Morgan fingerprint density at radius 3 is 1.92 bits per heavy atom. The lowest BCUT2D eigenvalue weighted by Crippen LogP contribution is -2.23. The van der Waals surface area contributed by atoms with Crippen LogP contribution in [0, 0.1) is 11.8 Å². The number of carbonyl (C=O) groups is 3. The number of hydrogen-bond acceptors (Lipinski definition) is 6. The topological polar surface area (TPSA) is 78.9 Å². The molecule has 0 bridgehead atoms. The van der Waals surface area contributed by atoms with Gasteiger partial charge in [0.05, 0.1) is 0 Å². The van der Waals surface area contributed by atoms with Crippen LogP contribution in [0.5, 0.6) is 0 Å².